The van der Waals surface area contributed by atoms with Crippen LogP contribution >= 0.6 is 11.3 Å². The summed E-state index contributed by atoms with van der Waals surface area (Å²) in [6.45, 7) is 0. The molecular weight excluding hydrogens is 196 g/mol. The summed E-state index contributed by atoms with van der Waals surface area (Å²) in [6.07, 6.45) is 3.47. The number of pyridine rings is 1. The van der Waals surface area contributed by atoms with Crippen LogP contribution in [-0.4, -0.2) is 10.9 Å². The second-order valence-electron chi connectivity index (χ2n) is 2.77. The Hall–Kier alpha value is -1.68. The van der Waals surface area contributed by atoms with Gasteiger partial charge in [-0.25, -0.2) is 0 Å². The summed E-state index contributed by atoms with van der Waals surface area (Å²) in [5, 5.41) is 0. The van der Waals surface area contributed by atoms with E-state index in [0.717, 1.165) is 10.4 Å². The highest BCUT2D eigenvalue weighted by molar-refractivity contribution is 7.17. The molecule has 4 heteroatoms. The zero-order chi connectivity index (χ0) is 9.97. The molecule has 2 aromatic rings. The predicted molar refractivity (Wildman–Crippen MR) is 56.1 cm³/mol. The maximum Gasteiger partial charge on any atom is 0.258 e. The van der Waals surface area contributed by atoms with Crippen LogP contribution in [0.3, 0.4) is 0 Å². The van der Waals surface area contributed by atoms with Gasteiger partial charge in [0, 0.05) is 22.8 Å². The van der Waals surface area contributed by atoms with Crippen molar-refractivity contribution in [3.05, 3.63) is 41.5 Å². The van der Waals surface area contributed by atoms with E-state index in [2.05, 4.69) is 4.98 Å². The molecule has 2 N–H and O–H groups in total. The molecule has 0 aliphatic carbocycles. The van der Waals surface area contributed by atoms with Gasteiger partial charge < -0.3 is 5.73 Å². The van der Waals surface area contributed by atoms with E-state index in [1.165, 1.54) is 11.3 Å². The molecule has 3 nitrogen and oxygen atoms in total. The Bertz CT molecular complexity index is 450. The van der Waals surface area contributed by atoms with Gasteiger partial charge in [0.2, 0.25) is 0 Å². The fraction of sp³-hybridized carbons (Fsp3) is 0. The van der Waals surface area contributed by atoms with E-state index in [0.29, 0.717) is 4.88 Å². The molecular formula is C10H8N2OS. The van der Waals surface area contributed by atoms with Crippen LogP contribution < -0.4 is 5.73 Å². The maximum absolute atomic E-state index is 10.9. The van der Waals surface area contributed by atoms with Crippen molar-refractivity contribution in [1.29, 1.82) is 0 Å². The van der Waals surface area contributed by atoms with E-state index in [4.69, 9.17) is 5.73 Å². The number of hydrogen-bond donors (Lipinski definition) is 1. The summed E-state index contributed by atoms with van der Waals surface area (Å²) in [5.74, 6) is -0.384. The Morgan fingerprint density at radius 1 is 1.36 bits per heavy atom. The van der Waals surface area contributed by atoms with Gasteiger partial charge in [-0.05, 0) is 18.2 Å². The van der Waals surface area contributed by atoms with Crippen molar-refractivity contribution >= 4 is 17.2 Å². The van der Waals surface area contributed by atoms with Crippen LogP contribution in [0.25, 0.3) is 10.4 Å². The first-order valence-corrected chi connectivity index (χ1v) is 4.89. The highest BCUT2D eigenvalue weighted by atomic mass is 32.1. The van der Waals surface area contributed by atoms with E-state index in [9.17, 15) is 4.79 Å². The molecule has 14 heavy (non-hydrogen) atoms. The average molecular weight is 204 g/mol. The van der Waals surface area contributed by atoms with E-state index >= 15 is 0 Å². The minimum atomic E-state index is -0.384. The zero-order valence-electron chi connectivity index (χ0n) is 7.31. The molecule has 0 saturated heterocycles. The van der Waals surface area contributed by atoms with Crippen LogP contribution in [0.2, 0.25) is 0 Å². The SMILES string of the molecule is NC(=O)c1ccc(-c2cccnc2)s1. The maximum atomic E-state index is 10.9. The lowest BCUT2D eigenvalue weighted by atomic mass is 10.2. The van der Waals surface area contributed by atoms with Crippen molar-refractivity contribution in [1.82, 2.24) is 4.98 Å². The number of carbonyl (C=O) groups is 1. The monoisotopic (exact) mass is 204 g/mol. The van der Waals surface area contributed by atoms with E-state index in [1.807, 2.05) is 18.2 Å². The first-order chi connectivity index (χ1) is 6.77. The number of carbonyl (C=O) groups excluding carboxylic acids is 1. The number of thiophene rings is 1. The van der Waals surface area contributed by atoms with Crippen molar-refractivity contribution in [2.75, 3.05) is 0 Å². The smallest absolute Gasteiger partial charge is 0.258 e. The standard InChI is InChI=1S/C10H8N2OS/c11-10(13)9-4-3-8(14-9)7-2-1-5-12-6-7/h1-6H,(H2,11,13). The van der Waals surface area contributed by atoms with Gasteiger partial charge in [0.1, 0.15) is 0 Å². The van der Waals surface area contributed by atoms with E-state index in [-0.39, 0.29) is 5.91 Å². The lowest BCUT2D eigenvalue weighted by molar-refractivity contribution is 0.100. The summed E-state index contributed by atoms with van der Waals surface area (Å²) in [5.41, 5.74) is 6.17. The second kappa shape index (κ2) is 3.59. The van der Waals surface area contributed by atoms with Gasteiger partial charge in [-0.2, -0.15) is 0 Å². The fourth-order valence-corrected chi connectivity index (χ4v) is 1.98. The normalized spacial score (nSPS) is 10.0. The van der Waals surface area contributed by atoms with Crippen molar-refractivity contribution < 1.29 is 4.79 Å². The van der Waals surface area contributed by atoms with Crippen LogP contribution in [0.1, 0.15) is 9.67 Å². The first-order valence-electron chi connectivity index (χ1n) is 4.07. The molecule has 0 aromatic carbocycles. The largest absolute Gasteiger partial charge is 0.365 e. The van der Waals surface area contributed by atoms with Gasteiger partial charge >= 0.3 is 0 Å². The fourth-order valence-electron chi connectivity index (χ4n) is 1.13. The summed E-state index contributed by atoms with van der Waals surface area (Å²) in [6, 6.07) is 7.42. The average Bonchev–Trinajstić information content (AvgIpc) is 2.68. The highest BCUT2D eigenvalue weighted by Gasteiger charge is 2.05. The van der Waals surface area contributed by atoms with Crippen molar-refractivity contribution in [3.8, 4) is 10.4 Å². The van der Waals surface area contributed by atoms with Gasteiger partial charge in [-0.3, -0.25) is 9.78 Å². The first kappa shape index (κ1) is 8.90. The van der Waals surface area contributed by atoms with Crippen LogP contribution in [0.5, 0.6) is 0 Å². The molecule has 0 unspecified atom stereocenters. The molecule has 0 spiro atoms. The zero-order valence-corrected chi connectivity index (χ0v) is 8.12. The van der Waals surface area contributed by atoms with Crippen LogP contribution in [0.4, 0.5) is 0 Å². The second-order valence-corrected chi connectivity index (χ2v) is 3.85. The molecule has 0 fully saturated rings. The van der Waals surface area contributed by atoms with Crippen LogP contribution in [0.15, 0.2) is 36.7 Å². The molecule has 0 atom stereocenters. The molecule has 2 rings (SSSR count). The molecule has 0 saturated carbocycles. The number of hydrogen-bond acceptors (Lipinski definition) is 3. The summed E-state index contributed by atoms with van der Waals surface area (Å²) >= 11 is 1.38. The Balaban J connectivity index is 2.39. The Morgan fingerprint density at radius 3 is 2.79 bits per heavy atom. The summed E-state index contributed by atoms with van der Waals surface area (Å²) in [7, 11) is 0. The third kappa shape index (κ3) is 1.65. The van der Waals surface area contributed by atoms with Gasteiger partial charge in [-0.1, -0.05) is 6.07 Å². The van der Waals surface area contributed by atoms with Gasteiger partial charge in [0.05, 0.1) is 4.88 Å². The number of amides is 1. The Labute approximate surface area is 85.2 Å². The molecule has 0 aliphatic heterocycles. The third-order valence-electron chi connectivity index (χ3n) is 1.79. The number of aromatic nitrogens is 1. The summed E-state index contributed by atoms with van der Waals surface area (Å²) < 4.78 is 0. The third-order valence-corrected chi connectivity index (χ3v) is 2.94. The number of rotatable bonds is 2. The van der Waals surface area contributed by atoms with Crippen molar-refractivity contribution in [2.45, 2.75) is 0 Å². The lowest BCUT2D eigenvalue weighted by Gasteiger charge is -1.93. The molecule has 2 aromatic heterocycles. The van der Waals surface area contributed by atoms with Gasteiger partial charge in [-0.15, -0.1) is 11.3 Å². The molecule has 2 heterocycles. The number of nitrogens with two attached hydrogens (primary N) is 1. The molecule has 70 valence electrons. The predicted octanol–water partition coefficient (Wildman–Crippen LogP) is 1.91. The van der Waals surface area contributed by atoms with Crippen LogP contribution in [-0.2, 0) is 0 Å². The molecule has 0 aliphatic rings. The Morgan fingerprint density at radius 2 is 2.21 bits per heavy atom. The number of primary amides is 1. The van der Waals surface area contributed by atoms with Crippen molar-refractivity contribution in [3.63, 3.8) is 0 Å². The highest BCUT2D eigenvalue weighted by Crippen LogP contribution is 2.26. The van der Waals surface area contributed by atoms with Gasteiger partial charge in [0.15, 0.2) is 0 Å². The molecule has 0 radical (unpaired) electrons. The van der Waals surface area contributed by atoms with Gasteiger partial charge in [0.25, 0.3) is 5.91 Å². The van der Waals surface area contributed by atoms with Crippen molar-refractivity contribution in [2.24, 2.45) is 5.73 Å². The molecule has 1 amide bonds. The Kier molecular flexibility index (Phi) is 2.28. The van der Waals surface area contributed by atoms with Crippen LogP contribution in [0, 0.1) is 0 Å². The minimum absolute atomic E-state index is 0.384. The lowest BCUT2D eigenvalue weighted by Crippen LogP contribution is -2.07. The van der Waals surface area contributed by atoms with E-state index in [1.54, 1.807) is 18.5 Å². The minimum Gasteiger partial charge on any atom is -0.365 e. The quantitative estimate of drug-likeness (QED) is 0.812. The number of nitrogens with zero attached hydrogens (tertiary/aromatic N) is 1. The molecule has 0 bridgehead atoms. The topological polar surface area (TPSA) is 56.0 Å². The summed E-state index contributed by atoms with van der Waals surface area (Å²) in [4.78, 5) is 16.4. The van der Waals surface area contributed by atoms with E-state index < -0.39 is 0 Å².